The highest BCUT2D eigenvalue weighted by Crippen LogP contribution is 2.17. The summed E-state index contributed by atoms with van der Waals surface area (Å²) in [5, 5.41) is 7.55. The fourth-order valence-corrected chi connectivity index (χ4v) is 3.10. The summed E-state index contributed by atoms with van der Waals surface area (Å²) in [6, 6.07) is 6.03. The number of hydrogen-bond acceptors (Lipinski definition) is 4. The van der Waals surface area contributed by atoms with Crippen molar-refractivity contribution in [3.05, 3.63) is 45.7 Å². The van der Waals surface area contributed by atoms with Crippen molar-refractivity contribution in [3.63, 3.8) is 0 Å². The number of guanidine groups is 1. The van der Waals surface area contributed by atoms with Crippen LogP contribution in [0.25, 0.3) is 0 Å². The topological polar surface area (TPSA) is 58.5 Å². The molecule has 1 heterocycles. The summed E-state index contributed by atoms with van der Waals surface area (Å²) < 4.78 is 18.7. The molecule has 1 aromatic heterocycles. The Bertz CT molecular complexity index is 706. The van der Waals surface area contributed by atoms with Gasteiger partial charge in [0.1, 0.15) is 17.7 Å². The van der Waals surface area contributed by atoms with Crippen molar-refractivity contribution in [3.8, 4) is 5.75 Å². The molecule has 0 spiro atoms. The van der Waals surface area contributed by atoms with Crippen molar-refractivity contribution in [2.45, 2.75) is 40.3 Å². The molecule has 1 aromatic carbocycles. The van der Waals surface area contributed by atoms with Gasteiger partial charge in [0, 0.05) is 11.4 Å². The van der Waals surface area contributed by atoms with Crippen molar-refractivity contribution < 1.29 is 9.13 Å². The zero-order valence-corrected chi connectivity index (χ0v) is 18.7. The molecule has 1 atom stereocenters. The Hall–Kier alpha value is -1.42. The fourth-order valence-electron chi connectivity index (χ4n) is 2.24. The van der Waals surface area contributed by atoms with Crippen molar-refractivity contribution in [2.24, 2.45) is 4.99 Å². The maximum atomic E-state index is 12.9. The van der Waals surface area contributed by atoms with Crippen LogP contribution < -0.4 is 15.4 Å². The summed E-state index contributed by atoms with van der Waals surface area (Å²) in [7, 11) is 0. The molecule has 5 nitrogen and oxygen atoms in total. The van der Waals surface area contributed by atoms with Crippen LogP contribution in [0.1, 0.15) is 29.4 Å². The van der Waals surface area contributed by atoms with E-state index in [1.165, 1.54) is 17.0 Å². The number of rotatable bonds is 7. The van der Waals surface area contributed by atoms with Crippen LogP contribution >= 0.6 is 35.3 Å². The Kier molecular flexibility index (Phi) is 9.85. The minimum absolute atomic E-state index is 0. The molecule has 0 aliphatic rings. The van der Waals surface area contributed by atoms with Crippen LogP contribution in [0.15, 0.2) is 29.3 Å². The van der Waals surface area contributed by atoms with Gasteiger partial charge in [-0.2, -0.15) is 0 Å². The van der Waals surface area contributed by atoms with Crippen LogP contribution in [0, 0.1) is 19.7 Å². The number of halogens is 2. The van der Waals surface area contributed by atoms with E-state index in [1.807, 2.05) is 27.7 Å². The molecule has 0 saturated carbocycles. The fraction of sp³-hybridized carbons (Fsp3) is 0.444. The van der Waals surface area contributed by atoms with Gasteiger partial charge in [-0.3, -0.25) is 0 Å². The lowest BCUT2D eigenvalue weighted by molar-refractivity contribution is 0.223. The van der Waals surface area contributed by atoms with Gasteiger partial charge >= 0.3 is 0 Å². The molecule has 2 rings (SSSR count). The second-order valence-electron chi connectivity index (χ2n) is 5.70. The van der Waals surface area contributed by atoms with E-state index in [9.17, 15) is 4.39 Å². The molecule has 0 fully saturated rings. The summed E-state index contributed by atoms with van der Waals surface area (Å²) in [4.78, 5) is 10.2. The largest absolute Gasteiger partial charge is 0.489 e. The molecule has 2 aromatic rings. The van der Waals surface area contributed by atoms with Crippen molar-refractivity contribution in [2.75, 3.05) is 13.1 Å². The number of nitrogens with zero attached hydrogens (tertiary/aromatic N) is 2. The summed E-state index contributed by atoms with van der Waals surface area (Å²) in [5.41, 5.74) is 1.04. The minimum Gasteiger partial charge on any atom is -0.489 e. The maximum Gasteiger partial charge on any atom is 0.191 e. The molecule has 26 heavy (non-hydrogen) atoms. The Morgan fingerprint density at radius 2 is 1.96 bits per heavy atom. The highest BCUT2D eigenvalue weighted by atomic mass is 127. The second-order valence-corrected chi connectivity index (χ2v) is 6.99. The molecule has 0 amide bonds. The van der Waals surface area contributed by atoms with Gasteiger partial charge in [0.25, 0.3) is 0 Å². The number of benzene rings is 1. The van der Waals surface area contributed by atoms with Gasteiger partial charge in [0.05, 0.1) is 23.8 Å². The van der Waals surface area contributed by atoms with E-state index in [0.29, 0.717) is 18.8 Å². The van der Waals surface area contributed by atoms with Crippen LogP contribution in [-0.4, -0.2) is 30.1 Å². The van der Waals surface area contributed by atoms with E-state index in [0.717, 1.165) is 23.2 Å². The highest BCUT2D eigenvalue weighted by Gasteiger charge is 2.08. The number of nitrogens with one attached hydrogen (secondary N) is 2. The van der Waals surface area contributed by atoms with E-state index in [2.05, 4.69) is 20.6 Å². The lowest BCUT2D eigenvalue weighted by Gasteiger charge is -2.17. The number of hydrogen-bond donors (Lipinski definition) is 2. The van der Waals surface area contributed by atoms with E-state index in [1.54, 1.807) is 23.5 Å². The third-order valence-electron chi connectivity index (χ3n) is 3.43. The molecule has 0 saturated heterocycles. The Balaban J connectivity index is 0.00000338. The molecular formula is C18H26FIN4OS. The third kappa shape index (κ3) is 7.45. The first-order chi connectivity index (χ1) is 12.0. The number of thiazole rings is 1. The lowest BCUT2D eigenvalue weighted by atomic mass is 10.3. The first-order valence-corrected chi connectivity index (χ1v) is 9.17. The van der Waals surface area contributed by atoms with Gasteiger partial charge < -0.3 is 15.4 Å². The van der Waals surface area contributed by atoms with E-state index in [4.69, 9.17) is 4.74 Å². The van der Waals surface area contributed by atoms with Crippen molar-refractivity contribution in [1.82, 2.24) is 15.6 Å². The van der Waals surface area contributed by atoms with E-state index in [-0.39, 0.29) is 35.9 Å². The quantitative estimate of drug-likeness (QED) is 0.348. The smallest absolute Gasteiger partial charge is 0.191 e. The summed E-state index contributed by atoms with van der Waals surface area (Å²) >= 11 is 1.67. The maximum absolute atomic E-state index is 12.9. The predicted octanol–water partition coefficient (Wildman–Crippen LogP) is 4.04. The van der Waals surface area contributed by atoms with Crippen molar-refractivity contribution >= 4 is 41.3 Å². The Labute approximate surface area is 175 Å². The number of aliphatic imine (C=N–C) groups is 1. The zero-order chi connectivity index (χ0) is 18.2. The lowest BCUT2D eigenvalue weighted by Crippen LogP contribution is -2.41. The van der Waals surface area contributed by atoms with Crippen LogP contribution in [0.2, 0.25) is 0 Å². The monoisotopic (exact) mass is 492 g/mol. The number of ether oxygens (including phenoxy) is 1. The summed E-state index contributed by atoms with van der Waals surface area (Å²) in [6.45, 7) is 9.95. The summed E-state index contributed by atoms with van der Waals surface area (Å²) in [5.74, 6) is 1.11. The van der Waals surface area contributed by atoms with Gasteiger partial charge in [0.2, 0.25) is 0 Å². The van der Waals surface area contributed by atoms with Crippen LogP contribution in [0.3, 0.4) is 0 Å². The first kappa shape index (κ1) is 22.6. The van der Waals surface area contributed by atoms with Gasteiger partial charge in [-0.05, 0) is 52.0 Å². The molecule has 0 bridgehead atoms. The second kappa shape index (κ2) is 11.3. The van der Waals surface area contributed by atoms with Gasteiger partial charge in [0.15, 0.2) is 5.96 Å². The average molecular weight is 492 g/mol. The molecule has 1 unspecified atom stereocenters. The molecule has 8 heteroatoms. The van der Waals surface area contributed by atoms with Crippen molar-refractivity contribution in [1.29, 1.82) is 0 Å². The molecule has 144 valence electrons. The van der Waals surface area contributed by atoms with E-state index < -0.39 is 0 Å². The van der Waals surface area contributed by atoms with Gasteiger partial charge in [-0.15, -0.1) is 35.3 Å². The third-order valence-corrected chi connectivity index (χ3v) is 4.49. The van der Waals surface area contributed by atoms with Crippen LogP contribution in [-0.2, 0) is 6.54 Å². The van der Waals surface area contributed by atoms with Crippen LogP contribution in [0.5, 0.6) is 5.75 Å². The Morgan fingerprint density at radius 1 is 1.27 bits per heavy atom. The van der Waals surface area contributed by atoms with E-state index >= 15 is 0 Å². The SMILES string of the molecule is CCNC(=NCc1sc(C)nc1C)NCC(C)Oc1ccc(F)cc1.I. The minimum atomic E-state index is -0.270. The zero-order valence-electron chi connectivity index (χ0n) is 15.5. The highest BCUT2D eigenvalue weighted by molar-refractivity contribution is 14.0. The molecule has 0 radical (unpaired) electrons. The van der Waals surface area contributed by atoms with Crippen LogP contribution in [0.4, 0.5) is 4.39 Å². The average Bonchev–Trinajstić information content (AvgIpc) is 2.90. The molecule has 2 N–H and O–H groups in total. The normalized spacial score (nSPS) is 12.3. The summed E-state index contributed by atoms with van der Waals surface area (Å²) in [6.07, 6.45) is -0.0818. The first-order valence-electron chi connectivity index (χ1n) is 8.35. The number of aryl methyl sites for hydroxylation is 2. The Morgan fingerprint density at radius 3 is 2.54 bits per heavy atom. The van der Waals surface area contributed by atoms with Gasteiger partial charge in [-0.1, -0.05) is 0 Å². The molecule has 0 aliphatic carbocycles. The predicted molar refractivity (Wildman–Crippen MR) is 116 cm³/mol. The molecular weight excluding hydrogens is 466 g/mol. The number of aromatic nitrogens is 1. The molecule has 0 aliphatic heterocycles. The van der Waals surface area contributed by atoms with Gasteiger partial charge in [-0.25, -0.2) is 14.4 Å². The standard InChI is InChI=1S/C18H25FN4OS.HI/c1-5-20-18(22-11-17-13(3)23-14(4)25-17)21-10-12(2)24-16-8-6-15(19)7-9-16;/h6-9,12H,5,10-11H2,1-4H3,(H2,20,21,22);1H.